The largest absolute Gasteiger partial charge is 0.309 e. The SMILES string of the molecule is [2H]C([2H])(c1ccc(-c2[c-]cccc2)nc1)C(C)(C)C.[2H]C1(c2ccc3c(c2)c2cccc4c5cnc(-c6[c-]cccc6)cc5n3c24)CCC(C)(C)CC1.[Ir]. The maximum atomic E-state index is 9.31. The molecule has 1 fully saturated rings. The van der Waals surface area contributed by atoms with Crippen LogP contribution in [-0.4, -0.2) is 14.4 Å². The number of fused-ring (bicyclic) bond motifs is 6. The second-order valence-corrected chi connectivity index (χ2v) is 15.5. The van der Waals surface area contributed by atoms with Crippen molar-refractivity contribution in [2.24, 2.45) is 10.8 Å². The molecule has 3 nitrogen and oxygen atoms in total. The van der Waals surface area contributed by atoms with E-state index in [1.165, 1.54) is 38.1 Å². The molecule has 1 aliphatic rings. The summed E-state index contributed by atoms with van der Waals surface area (Å²) < 4.78 is 28.1. The van der Waals surface area contributed by atoms with E-state index >= 15 is 0 Å². The summed E-state index contributed by atoms with van der Waals surface area (Å²) in [5, 5.41) is 4.93. The first kappa shape index (κ1) is 31.4. The Morgan fingerprint density at radius 1 is 0.745 bits per heavy atom. The van der Waals surface area contributed by atoms with Crippen molar-refractivity contribution in [2.75, 3.05) is 0 Å². The quantitative estimate of drug-likeness (QED) is 0.165. The maximum absolute atomic E-state index is 9.31. The molecular weight excluding hydrogens is 799 g/mol. The van der Waals surface area contributed by atoms with E-state index in [2.05, 4.69) is 83.9 Å². The van der Waals surface area contributed by atoms with Gasteiger partial charge in [-0.05, 0) is 83.4 Å². The zero-order valence-corrected chi connectivity index (χ0v) is 32.4. The fourth-order valence-corrected chi connectivity index (χ4v) is 7.42. The first-order valence-electron chi connectivity index (χ1n) is 19.3. The molecule has 9 rings (SSSR count). The van der Waals surface area contributed by atoms with Crippen LogP contribution in [0.2, 0.25) is 0 Å². The van der Waals surface area contributed by atoms with Gasteiger partial charge in [-0.3, -0.25) is 0 Å². The third-order valence-electron chi connectivity index (χ3n) is 10.1. The van der Waals surface area contributed by atoms with Gasteiger partial charge in [0.05, 0.1) is 11.0 Å². The van der Waals surface area contributed by atoms with Crippen LogP contribution in [0, 0.1) is 23.0 Å². The number of pyridine rings is 2. The van der Waals surface area contributed by atoms with Crippen molar-refractivity contribution in [3.05, 3.63) is 139 Å². The minimum absolute atomic E-state index is 0. The molecule has 259 valence electrons. The Morgan fingerprint density at radius 3 is 2.04 bits per heavy atom. The number of benzene rings is 4. The number of aromatic nitrogens is 3. The van der Waals surface area contributed by atoms with Crippen LogP contribution in [0.15, 0.2) is 116 Å². The van der Waals surface area contributed by atoms with Gasteiger partial charge in [-0.25, -0.2) is 0 Å². The van der Waals surface area contributed by atoms with Crippen molar-refractivity contribution < 1.29 is 24.2 Å². The molecule has 0 N–H and O–H groups in total. The molecule has 0 bridgehead atoms. The van der Waals surface area contributed by atoms with Gasteiger partial charge in [-0.1, -0.05) is 77.1 Å². The normalized spacial score (nSPS) is 16.6. The molecule has 0 saturated heterocycles. The first-order chi connectivity index (χ1) is 25.3. The van der Waals surface area contributed by atoms with Crippen LogP contribution in [0.4, 0.5) is 0 Å². The molecule has 0 spiro atoms. The summed E-state index contributed by atoms with van der Waals surface area (Å²) in [6, 6.07) is 41.3. The smallest absolute Gasteiger partial charge is 0.0620 e. The van der Waals surface area contributed by atoms with E-state index in [0.717, 1.165) is 53.8 Å². The van der Waals surface area contributed by atoms with Crippen LogP contribution in [0.25, 0.3) is 60.6 Å². The summed E-state index contributed by atoms with van der Waals surface area (Å²) in [6.45, 7) is 10.4. The van der Waals surface area contributed by atoms with Crippen LogP contribution >= 0.6 is 0 Å². The van der Waals surface area contributed by atoms with Crippen LogP contribution in [0.5, 0.6) is 0 Å². The molecule has 0 aliphatic heterocycles. The second kappa shape index (κ2) is 14.0. The molecule has 0 atom stereocenters. The van der Waals surface area contributed by atoms with Crippen molar-refractivity contribution in [3.63, 3.8) is 0 Å². The van der Waals surface area contributed by atoms with E-state index in [0.29, 0.717) is 11.0 Å². The van der Waals surface area contributed by atoms with Gasteiger partial charge >= 0.3 is 0 Å². The Kier molecular flexibility index (Phi) is 8.60. The molecule has 51 heavy (non-hydrogen) atoms. The fraction of sp³-hybridized carbons (Fsp3) is 0.277. The second-order valence-electron chi connectivity index (χ2n) is 15.5. The van der Waals surface area contributed by atoms with Crippen molar-refractivity contribution in [2.45, 2.75) is 72.6 Å². The Hall–Kier alpha value is -4.37. The van der Waals surface area contributed by atoms with Gasteiger partial charge in [0.25, 0.3) is 0 Å². The summed E-state index contributed by atoms with van der Waals surface area (Å²) in [4.78, 5) is 9.13. The van der Waals surface area contributed by atoms with E-state index in [-0.39, 0.29) is 20.1 Å². The van der Waals surface area contributed by atoms with Crippen molar-refractivity contribution in [1.82, 2.24) is 14.4 Å². The average molecular weight is 847 g/mol. The first-order valence-corrected chi connectivity index (χ1v) is 17.8. The topological polar surface area (TPSA) is 30.2 Å². The third-order valence-corrected chi connectivity index (χ3v) is 10.1. The summed E-state index contributed by atoms with van der Waals surface area (Å²) in [7, 11) is 0. The van der Waals surface area contributed by atoms with Crippen LogP contribution in [0.3, 0.4) is 0 Å². The minimum Gasteiger partial charge on any atom is -0.309 e. The zero-order chi connectivity index (χ0) is 37.2. The molecular formula is C47H45IrN3-2. The van der Waals surface area contributed by atoms with Gasteiger partial charge < -0.3 is 14.4 Å². The third kappa shape index (κ3) is 7.10. The molecule has 0 unspecified atom stereocenters. The van der Waals surface area contributed by atoms with Crippen LogP contribution < -0.4 is 0 Å². The van der Waals surface area contributed by atoms with Crippen molar-refractivity contribution >= 4 is 38.1 Å². The summed E-state index contributed by atoms with van der Waals surface area (Å²) in [6.07, 6.45) is 6.32. The molecule has 1 aliphatic carbocycles. The Balaban J connectivity index is 0.000000193. The van der Waals surface area contributed by atoms with E-state index in [9.17, 15) is 1.37 Å². The Morgan fingerprint density at radius 2 is 1.41 bits per heavy atom. The standard InChI is InChI=1S/C31H27N2.C16H18N.Ir/c1-31(2)15-13-20(14-16-31)22-11-12-28-25(17-22)23-9-6-10-24-26-19-32-27(21-7-4-3-5-8-21)18-29(26)33(28)30(23)24;1-16(2,3)11-13-9-10-15(17-12-13)14-7-5-4-6-8-14;/h3-7,9-12,17-20H,13-16H2,1-2H3;4-7,9-10,12H,11H2,1-3H3;/q2*-1;/i20D;11D2;. The molecule has 4 aromatic heterocycles. The van der Waals surface area contributed by atoms with Gasteiger partial charge in [0.15, 0.2) is 0 Å². The van der Waals surface area contributed by atoms with Crippen LogP contribution in [0.1, 0.15) is 81.4 Å². The molecule has 4 heteroatoms. The van der Waals surface area contributed by atoms with E-state index in [1.807, 2.05) is 81.6 Å². The van der Waals surface area contributed by atoms with Gasteiger partial charge in [-0.15, -0.1) is 71.8 Å². The number of nitrogens with zero attached hydrogens (tertiary/aromatic N) is 3. The van der Waals surface area contributed by atoms with E-state index in [4.69, 9.17) is 7.73 Å². The number of para-hydroxylation sites is 1. The van der Waals surface area contributed by atoms with Gasteiger partial charge in [-0.2, -0.15) is 0 Å². The van der Waals surface area contributed by atoms with Crippen LogP contribution in [-0.2, 0) is 26.5 Å². The Labute approximate surface area is 320 Å². The number of hydrogen-bond acceptors (Lipinski definition) is 2. The van der Waals surface area contributed by atoms with E-state index in [1.54, 1.807) is 6.20 Å². The van der Waals surface area contributed by atoms with Crippen molar-refractivity contribution in [3.8, 4) is 22.5 Å². The average Bonchev–Trinajstić information content (AvgIpc) is 3.68. The number of hydrogen-bond donors (Lipinski definition) is 0. The molecule has 4 aromatic carbocycles. The molecule has 1 radical (unpaired) electrons. The fourth-order valence-electron chi connectivity index (χ4n) is 7.42. The van der Waals surface area contributed by atoms with E-state index < -0.39 is 17.7 Å². The predicted molar refractivity (Wildman–Crippen MR) is 210 cm³/mol. The summed E-state index contributed by atoms with van der Waals surface area (Å²) in [5.41, 5.74) is 8.98. The predicted octanol–water partition coefficient (Wildman–Crippen LogP) is 12.5. The molecule has 0 amide bonds. The minimum atomic E-state index is -1.40. The summed E-state index contributed by atoms with van der Waals surface area (Å²) in [5.74, 6) is -0.488. The van der Waals surface area contributed by atoms with Gasteiger partial charge in [0.2, 0.25) is 0 Å². The molecule has 4 heterocycles. The van der Waals surface area contributed by atoms with Gasteiger partial charge in [0, 0.05) is 63.7 Å². The summed E-state index contributed by atoms with van der Waals surface area (Å²) >= 11 is 0. The van der Waals surface area contributed by atoms with Crippen molar-refractivity contribution in [1.29, 1.82) is 0 Å². The van der Waals surface area contributed by atoms with Gasteiger partial charge in [0.1, 0.15) is 0 Å². The number of rotatable bonds is 4. The maximum Gasteiger partial charge on any atom is 0.0620 e. The Bertz CT molecular complexity index is 2540. The zero-order valence-electron chi connectivity index (χ0n) is 33.0. The molecule has 8 aromatic rings. The monoisotopic (exact) mass is 847 g/mol. The molecule has 1 saturated carbocycles.